The Morgan fingerprint density at radius 1 is 1.43 bits per heavy atom. The van der Waals surface area contributed by atoms with E-state index >= 15 is 0 Å². The van der Waals surface area contributed by atoms with Gasteiger partial charge in [0.15, 0.2) is 0 Å². The Morgan fingerprint density at radius 2 is 2.14 bits per heavy atom. The van der Waals surface area contributed by atoms with Crippen molar-refractivity contribution in [1.82, 2.24) is 4.90 Å². The lowest BCUT2D eigenvalue weighted by Crippen LogP contribution is -2.46. The monoisotopic (exact) mass is 210 g/mol. The minimum Gasteiger partial charge on any atom is -0.325 e. The Hall–Kier alpha value is -0.290. The van der Waals surface area contributed by atoms with Gasteiger partial charge in [-0.25, -0.2) is 8.78 Å². The van der Waals surface area contributed by atoms with Gasteiger partial charge in [0, 0.05) is 12.5 Å². The van der Waals surface area contributed by atoms with Crippen LogP contribution >= 0.6 is 0 Å². The summed E-state index contributed by atoms with van der Waals surface area (Å²) in [5.74, 6) is -2.91. The fourth-order valence-electron chi connectivity index (χ4n) is 1.81. The van der Waals surface area contributed by atoms with Gasteiger partial charge in [0.25, 0.3) is 5.92 Å². The zero-order chi connectivity index (χ0) is 10.6. The van der Waals surface area contributed by atoms with Gasteiger partial charge in [0.2, 0.25) is 0 Å². The molecular formula is C9H17F3N2. The van der Waals surface area contributed by atoms with Crippen molar-refractivity contribution in [3.63, 3.8) is 0 Å². The fraction of sp³-hybridized carbons (Fsp3) is 1.00. The molecule has 1 aliphatic heterocycles. The maximum atomic E-state index is 12.9. The van der Waals surface area contributed by atoms with E-state index < -0.39 is 19.1 Å². The van der Waals surface area contributed by atoms with Crippen LogP contribution in [0.4, 0.5) is 13.2 Å². The molecule has 1 atom stereocenters. The molecule has 2 N–H and O–H groups in total. The number of likely N-dealkylation sites (tertiary alicyclic amines) is 1. The van der Waals surface area contributed by atoms with Crippen molar-refractivity contribution in [2.45, 2.75) is 18.8 Å². The summed E-state index contributed by atoms with van der Waals surface area (Å²) in [4.78, 5) is 1.61. The van der Waals surface area contributed by atoms with Crippen molar-refractivity contribution < 1.29 is 13.2 Å². The lowest BCUT2D eigenvalue weighted by molar-refractivity contribution is -0.0336. The van der Waals surface area contributed by atoms with Crippen LogP contribution in [-0.2, 0) is 0 Å². The molecule has 1 rings (SSSR count). The zero-order valence-corrected chi connectivity index (χ0v) is 8.19. The summed E-state index contributed by atoms with van der Waals surface area (Å²) in [6.07, 6.45) is 1.61. The second-order valence-electron chi connectivity index (χ2n) is 3.96. The van der Waals surface area contributed by atoms with E-state index in [0.29, 0.717) is 13.1 Å². The minimum absolute atomic E-state index is 0.0719. The van der Waals surface area contributed by atoms with Gasteiger partial charge in [-0.2, -0.15) is 0 Å². The van der Waals surface area contributed by atoms with Crippen molar-refractivity contribution in [3.8, 4) is 0 Å². The van der Waals surface area contributed by atoms with E-state index in [-0.39, 0.29) is 12.5 Å². The molecule has 0 aliphatic carbocycles. The molecule has 0 aromatic rings. The normalized spacial score (nSPS) is 25.3. The van der Waals surface area contributed by atoms with Crippen molar-refractivity contribution in [2.24, 2.45) is 11.7 Å². The summed E-state index contributed by atoms with van der Waals surface area (Å²) in [5, 5.41) is 0. The topological polar surface area (TPSA) is 29.3 Å². The highest BCUT2D eigenvalue weighted by Crippen LogP contribution is 2.20. The van der Waals surface area contributed by atoms with Crippen LogP contribution in [0, 0.1) is 5.92 Å². The van der Waals surface area contributed by atoms with E-state index in [0.717, 1.165) is 12.8 Å². The smallest absolute Gasteiger partial charge is 0.272 e. The summed E-state index contributed by atoms with van der Waals surface area (Å²) >= 11 is 0. The first-order valence-corrected chi connectivity index (χ1v) is 4.93. The van der Waals surface area contributed by atoms with E-state index in [1.807, 2.05) is 0 Å². The minimum atomic E-state index is -2.84. The Kier molecular flexibility index (Phi) is 4.19. The van der Waals surface area contributed by atoms with E-state index in [1.165, 1.54) is 0 Å². The second kappa shape index (κ2) is 4.98. The van der Waals surface area contributed by atoms with Crippen LogP contribution in [0.1, 0.15) is 12.8 Å². The van der Waals surface area contributed by atoms with Crippen molar-refractivity contribution in [3.05, 3.63) is 0 Å². The van der Waals surface area contributed by atoms with E-state index in [9.17, 15) is 13.2 Å². The predicted octanol–water partition coefficient (Wildman–Crippen LogP) is 1.26. The molecule has 1 heterocycles. The molecule has 0 amide bonds. The van der Waals surface area contributed by atoms with Gasteiger partial charge in [-0.1, -0.05) is 0 Å². The molecule has 2 nitrogen and oxygen atoms in total. The fourth-order valence-corrected chi connectivity index (χ4v) is 1.81. The molecule has 0 radical (unpaired) electrons. The van der Waals surface area contributed by atoms with E-state index in [1.54, 1.807) is 4.90 Å². The first-order valence-electron chi connectivity index (χ1n) is 4.93. The van der Waals surface area contributed by atoms with Crippen LogP contribution in [0.15, 0.2) is 0 Å². The molecule has 5 heteroatoms. The lowest BCUT2D eigenvalue weighted by Gasteiger charge is -2.33. The van der Waals surface area contributed by atoms with Gasteiger partial charge in [0.1, 0.15) is 0 Å². The van der Waals surface area contributed by atoms with Crippen LogP contribution < -0.4 is 5.73 Å². The Labute approximate surface area is 82.2 Å². The predicted molar refractivity (Wildman–Crippen MR) is 49.1 cm³/mol. The summed E-state index contributed by atoms with van der Waals surface area (Å²) in [5.41, 5.74) is 4.94. The quantitative estimate of drug-likeness (QED) is 0.757. The highest BCUT2D eigenvalue weighted by atomic mass is 19.3. The van der Waals surface area contributed by atoms with Crippen LogP contribution in [0.5, 0.6) is 0 Å². The lowest BCUT2D eigenvalue weighted by atomic mass is 9.99. The number of alkyl halides is 3. The summed E-state index contributed by atoms with van der Waals surface area (Å²) < 4.78 is 38.1. The van der Waals surface area contributed by atoms with Gasteiger partial charge >= 0.3 is 0 Å². The standard InChI is InChI=1S/C9H17F3N2/c10-4-8-2-1-3-14(5-8)7-9(11,12)6-13/h8H,1-7,13H2. The van der Waals surface area contributed by atoms with Gasteiger partial charge in [-0.15, -0.1) is 0 Å². The van der Waals surface area contributed by atoms with Crippen LogP contribution in [-0.4, -0.2) is 43.7 Å². The van der Waals surface area contributed by atoms with Gasteiger partial charge in [-0.3, -0.25) is 9.29 Å². The first-order chi connectivity index (χ1) is 6.57. The van der Waals surface area contributed by atoms with Crippen molar-refractivity contribution >= 4 is 0 Å². The summed E-state index contributed by atoms with van der Waals surface area (Å²) in [7, 11) is 0. The number of hydrogen-bond acceptors (Lipinski definition) is 2. The number of rotatable bonds is 4. The number of piperidine rings is 1. The zero-order valence-electron chi connectivity index (χ0n) is 8.19. The van der Waals surface area contributed by atoms with Gasteiger partial charge < -0.3 is 5.73 Å². The SMILES string of the molecule is NCC(F)(F)CN1CCCC(CF)C1. The molecule has 1 saturated heterocycles. The third kappa shape index (κ3) is 3.46. The average molecular weight is 210 g/mol. The van der Waals surface area contributed by atoms with Gasteiger partial charge in [-0.05, 0) is 19.4 Å². The van der Waals surface area contributed by atoms with E-state index in [2.05, 4.69) is 0 Å². The largest absolute Gasteiger partial charge is 0.325 e. The molecule has 0 aromatic heterocycles. The molecule has 0 saturated carbocycles. The molecule has 1 aliphatic rings. The molecular weight excluding hydrogens is 193 g/mol. The maximum absolute atomic E-state index is 12.9. The molecule has 1 fully saturated rings. The Morgan fingerprint density at radius 3 is 2.71 bits per heavy atom. The third-order valence-corrected chi connectivity index (χ3v) is 2.57. The molecule has 0 aromatic carbocycles. The van der Waals surface area contributed by atoms with Gasteiger partial charge in [0.05, 0.1) is 19.8 Å². The average Bonchev–Trinajstić information content (AvgIpc) is 2.17. The maximum Gasteiger partial charge on any atom is 0.272 e. The molecule has 84 valence electrons. The highest BCUT2D eigenvalue weighted by Gasteiger charge is 2.32. The van der Waals surface area contributed by atoms with Crippen molar-refractivity contribution in [1.29, 1.82) is 0 Å². The molecule has 0 bridgehead atoms. The van der Waals surface area contributed by atoms with Crippen LogP contribution in [0.3, 0.4) is 0 Å². The van der Waals surface area contributed by atoms with Crippen molar-refractivity contribution in [2.75, 3.05) is 32.9 Å². The molecule has 1 unspecified atom stereocenters. The summed E-state index contributed by atoms with van der Waals surface area (Å²) in [6, 6.07) is 0. The molecule has 0 spiro atoms. The Balaban J connectivity index is 2.37. The summed E-state index contributed by atoms with van der Waals surface area (Å²) in [6.45, 7) is -0.313. The highest BCUT2D eigenvalue weighted by molar-refractivity contribution is 4.78. The van der Waals surface area contributed by atoms with Crippen LogP contribution in [0.25, 0.3) is 0 Å². The molecule has 14 heavy (non-hydrogen) atoms. The Bertz CT molecular complexity index is 175. The van der Waals surface area contributed by atoms with E-state index in [4.69, 9.17) is 5.73 Å². The van der Waals surface area contributed by atoms with Crippen LogP contribution in [0.2, 0.25) is 0 Å². The number of nitrogens with two attached hydrogens (primary N) is 1. The number of hydrogen-bond donors (Lipinski definition) is 1. The third-order valence-electron chi connectivity index (χ3n) is 2.57. The number of halogens is 3. The second-order valence-corrected chi connectivity index (χ2v) is 3.96. The first kappa shape index (κ1) is 11.8. The number of nitrogens with zero attached hydrogens (tertiary/aromatic N) is 1.